The lowest BCUT2D eigenvalue weighted by Gasteiger charge is -2.31. The highest BCUT2D eigenvalue weighted by Crippen LogP contribution is 2.18. The Balaban J connectivity index is 1.48. The summed E-state index contributed by atoms with van der Waals surface area (Å²) >= 11 is 0. The Morgan fingerprint density at radius 2 is 1.83 bits per heavy atom. The quantitative estimate of drug-likeness (QED) is 0.807. The second kappa shape index (κ2) is 7.38. The summed E-state index contributed by atoms with van der Waals surface area (Å²) in [6.45, 7) is 2.43. The number of carbonyl (C=O) groups is 1. The Hall–Kier alpha value is -2.20. The van der Waals surface area contributed by atoms with Crippen LogP contribution in [0.3, 0.4) is 0 Å². The molecule has 3 rings (SSSR count). The van der Waals surface area contributed by atoms with Crippen molar-refractivity contribution in [3.8, 4) is 0 Å². The van der Waals surface area contributed by atoms with E-state index in [1.807, 2.05) is 24.3 Å². The average Bonchev–Trinajstić information content (AvgIpc) is 2.57. The third-order valence-electron chi connectivity index (χ3n) is 4.11. The standard InChI is InChI=1S/C19H20FNO2/c20-17-8-4-5-15(13-17)14-21-11-9-18(10-12-21)23-19(22)16-6-2-1-3-7-16/h1-8,13,18H,9-12,14H2. The number of nitrogens with zero attached hydrogens (tertiary/aromatic N) is 1. The van der Waals surface area contributed by atoms with Crippen molar-refractivity contribution in [1.82, 2.24) is 4.90 Å². The Morgan fingerprint density at radius 3 is 2.52 bits per heavy atom. The maximum absolute atomic E-state index is 13.2. The number of rotatable bonds is 4. The van der Waals surface area contributed by atoms with Crippen LogP contribution < -0.4 is 0 Å². The van der Waals surface area contributed by atoms with Gasteiger partial charge in [-0.15, -0.1) is 0 Å². The molecule has 0 aliphatic carbocycles. The molecule has 0 N–H and O–H groups in total. The number of hydrogen-bond acceptors (Lipinski definition) is 3. The summed E-state index contributed by atoms with van der Waals surface area (Å²) in [5.41, 5.74) is 1.57. The molecule has 0 bridgehead atoms. The van der Waals surface area contributed by atoms with E-state index >= 15 is 0 Å². The zero-order valence-electron chi connectivity index (χ0n) is 13.0. The van der Waals surface area contributed by atoms with Crippen LogP contribution in [0.5, 0.6) is 0 Å². The van der Waals surface area contributed by atoms with Crippen molar-refractivity contribution in [2.75, 3.05) is 13.1 Å². The Labute approximate surface area is 135 Å². The van der Waals surface area contributed by atoms with Crippen LogP contribution in [0.25, 0.3) is 0 Å². The first-order chi connectivity index (χ1) is 11.2. The lowest BCUT2D eigenvalue weighted by Crippen LogP contribution is -2.37. The van der Waals surface area contributed by atoms with Gasteiger partial charge in [-0.25, -0.2) is 9.18 Å². The highest BCUT2D eigenvalue weighted by atomic mass is 19.1. The zero-order chi connectivity index (χ0) is 16.1. The molecule has 1 fully saturated rings. The molecule has 1 aliphatic rings. The minimum Gasteiger partial charge on any atom is -0.459 e. The van der Waals surface area contributed by atoms with Crippen molar-refractivity contribution in [3.63, 3.8) is 0 Å². The predicted octanol–water partition coefficient (Wildman–Crippen LogP) is 3.65. The monoisotopic (exact) mass is 313 g/mol. The fourth-order valence-electron chi connectivity index (χ4n) is 2.87. The number of benzene rings is 2. The molecule has 4 heteroatoms. The van der Waals surface area contributed by atoms with E-state index in [4.69, 9.17) is 4.74 Å². The van der Waals surface area contributed by atoms with Gasteiger partial charge in [0.05, 0.1) is 5.56 Å². The summed E-state index contributed by atoms with van der Waals surface area (Å²) < 4.78 is 18.8. The van der Waals surface area contributed by atoms with Gasteiger partial charge < -0.3 is 4.74 Å². The first-order valence-corrected chi connectivity index (χ1v) is 7.93. The van der Waals surface area contributed by atoms with Crippen molar-refractivity contribution in [2.24, 2.45) is 0 Å². The van der Waals surface area contributed by atoms with Crippen LogP contribution in [0.15, 0.2) is 54.6 Å². The number of carbonyl (C=O) groups excluding carboxylic acids is 1. The number of halogens is 1. The van der Waals surface area contributed by atoms with Crippen molar-refractivity contribution >= 4 is 5.97 Å². The lowest BCUT2D eigenvalue weighted by atomic mass is 10.1. The average molecular weight is 313 g/mol. The van der Waals surface area contributed by atoms with Gasteiger partial charge in [0, 0.05) is 19.6 Å². The molecular weight excluding hydrogens is 293 g/mol. The second-order valence-corrected chi connectivity index (χ2v) is 5.88. The van der Waals surface area contributed by atoms with Gasteiger partial charge >= 0.3 is 5.97 Å². The van der Waals surface area contributed by atoms with Gasteiger partial charge in [0.25, 0.3) is 0 Å². The van der Waals surface area contributed by atoms with Gasteiger partial charge in [-0.05, 0) is 42.7 Å². The van der Waals surface area contributed by atoms with Crippen molar-refractivity contribution in [3.05, 3.63) is 71.5 Å². The van der Waals surface area contributed by atoms with Crippen LogP contribution in [-0.2, 0) is 11.3 Å². The molecule has 0 radical (unpaired) electrons. The molecule has 1 saturated heterocycles. The SMILES string of the molecule is O=C(OC1CCN(Cc2cccc(F)c2)CC1)c1ccccc1. The third-order valence-corrected chi connectivity index (χ3v) is 4.11. The van der Waals surface area contributed by atoms with Gasteiger partial charge in [0.1, 0.15) is 11.9 Å². The molecule has 120 valence electrons. The fraction of sp³-hybridized carbons (Fsp3) is 0.316. The molecule has 2 aromatic carbocycles. The third kappa shape index (κ3) is 4.39. The van der Waals surface area contributed by atoms with E-state index in [2.05, 4.69) is 4.90 Å². The van der Waals surface area contributed by atoms with Crippen LogP contribution in [0.1, 0.15) is 28.8 Å². The Bertz CT molecular complexity index is 651. The van der Waals surface area contributed by atoms with E-state index < -0.39 is 0 Å². The molecule has 23 heavy (non-hydrogen) atoms. The van der Waals surface area contributed by atoms with E-state index in [-0.39, 0.29) is 17.9 Å². The highest BCUT2D eigenvalue weighted by Gasteiger charge is 2.22. The van der Waals surface area contributed by atoms with Crippen LogP contribution >= 0.6 is 0 Å². The van der Waals surface area contributed by atoms with Gasteiger partial charge in [-0.3, -0.25) is 4.90 Å². The molecule has 0 atom stereocenters. The highest BCUT2D eigenvalue weighted by molar-refractivity contribution is 5.89. The van der Waals surface area contributed by atoms with Crippen molar-refractivity contribution in [1.29, 1.82) is 0 Å². The van der Waals surface area contributed by atoms with E-state index in [0.29, 0.717) is 5.56 Å². The first-order valence-electron chi connectivity index (χ1n) is 7.93. The second-order valence-electron chi connectivity index (χ2n) is 5.88. The molecule has 1 aliphatic heterocycles. The molecular formula is C19H20FNO2. The van der Waals surface area contributed by atoms with Gasteiger partial charge in [-0.2, -0.15) is 0 Å². The summed E-state index contributed by atoms with van der Waals surface area (Å²) in [6.07, 6.45) is 1.59. The minimum atomic E-state index is -0.255. The number of likely N-dealkylation sites (tertiary alicyclic amines) is 1. The summed E-state index contributed by atoms with van der Waals surface area (Å²) in [5.74, 6) is -0.455. The number of piperidine rings is 1. The maximum atomic E-state index is 13.2. The molecule has 0 unspecified atom stereocenters. The number of hydrogen-bond donors (Lipinski definition) is 0. The largest absolute Gasteiger partial charge is 0.459 e. The summed E-state index contributed by atoms with van der Waals surface area (Å²) in [4.78, 5) is 14.3. The smallest absolute Gasteiger partial charge is 0.338 e. The summed E-state index contributed by atoms with van der Waals surface area (Å²) in [5, 5.41) is 0. The summed E-state index contributed by atoms with van der Waals surface area (Å²) in [6, 6.07) is 15.8. The van der Waals surface area contributed by atoms with E-state index in [9.17, 15) is 9.18 Å². The van der Waals surface area contributed by atoms with Crippen LogP contribution in [0.2, 0.25) is 0 Å². The molecule has 1 heterocycles. The van der Waals surface area contributed by atoms with Gasteiger partial charge in [0.2, 0.25) is 0 Å². The van der Waals surface area contributed by atoms with Crippen molar-refractivity contribution in [2.45, 2.75) is 25.5 Å². The van der Waals surface area contributed by atoms with Gasteiger partial charge in [0.15, 0.2) is 0 Å². The molecule has 3 nitrogen and oxygen atoms in total. The van der Waals surface area contributed by atoms with Gasteiger partial charge in [-0.1, -0.05) is 30.3 Å². The zero-order valence-corrected chi connectivity index (χ0v) is 13.0. The predicted molar refractivity (Wildman–Crippen MR) is 86.6 cm³/mol. The molecule has 0 saturated carbocycles. The summed E-state index contributed by atoms with van der Waals surface area (Å²) in [7, 11) is 0. The lowest BCUT2D eigenvalue weighted by molar-refractivity contribution is 0.0104. The van der Waals surface area contributed by atoms with Crippen LogP contribution in [-0.4, -0.2) is 30.1 Å². The molecule has 2 aromatic rings. The minimum absolute atomic E-state index is 0.0357. The normalized spacial score (nSPS) is 16.2. The van der Waals surface area contributed by atoms with Crippen molar-refractivity contribution < 1.29 is 13.9 Å². The topological polar surface area (TPSA) is 29.5 Å². The Morgan fingerprint density at radius 1 is 1.09 bits per heavy atom. The van der Waals surface area contributed by atoms with Crippen LogP contribution in [0, 0.1) is 5.82 Å². The van der Waals surface area contributed by atoms with Crippen LogP contribution in [0.4, 0.5) is 4.39 Å². The van der Waals surface area contributed by atoms with E-state index in [0.717, 1.165) is 38.0 Å². The molecule has 0 spiro atoms. The fourth-order valence-corrected chi connectivity index (χ4v) is 2.87. The molecule has 0 amide bonds. The van der Waals surface area contributed by atoms with E-state index in [1.165, 1.54) is 6.07 Å². The maximum Gasteiger partial charge on any atom is 0.338 e. The number of ether oxygens (including phenoxy) is 1. The first kappa shape index (κ1) is 15.7. The molecule has 0 aromatic heterocycles. The Kier molecular flexibility index (Phi) is 5.03. The number of esters is 1. The van der Waals surface area contributed by atoms with E-state index in [1.54, 1.807) is 24.3 Å².